The first-order valence-electron chi connectivity index (χ1n) is 6.14. The topological polar surface area (TPSA) is 76.2 Å². The second-order valence-electron chi connectivity index (χ2n) is 4.42. The maximum atomic E-state index is 10.6. The molecule has 3 N–H and O–H groups in total. The van der Waals surface area contributed by atoms with E-state index in [0.717, 1.165) is 16.7 Å². The molecule has 21 heavy (non-hydrogen) atoms. The van der Waals surface area contributed by atoms with Crippen molar-refractivity contribution >= 4 is 30.8 Å². The number of carbonyl (C=O) groups is 1. The molecule has 4 nitrogen and oxygen atoms in total. The van der Waals surface area contributed by atoms with Gasteiger partial charge in [0.1, 0.15) is 6.04 Å². The minimum atomic E-state index is -0.951. The molecule has 1 heterocycles. The van der Waals surface area contributed by atoms with Crippen LogP contribution in [0.3, 0.4) is 0 Å². The van der Waals surface area contributed by atoms with Crippen LogP contribution in [0.15, 0.2) is 48.8 Å². The van der Waals surface area contributed by atoms with Crippen molar-refractivity contribution < 1.29 is 9.90 Å². The number of pyridine rings is 1. The number of benzene rings is 1. The summed E-state index contributed by atoms with van der Waals surface area (Å²) in [6, 6.07) is 11.2. The van der Waals surface area contributed by atoms with Crippen LogP contribution >= 0.6 is 24.8 Å². The molecule has 0 aliphatic heterocycles. The van der Waals surface area contributed by atoms with Gasteiger partial charge in [0.15, 0.2) is 0 Å². The summed E-state index contributed by atoms with van der Waals surface area (Å²) in [5, 5.41) is 8.72. The highest BCUT2D eigenvalue weighted by atomic mass is 35.5. The molecule has 0 bridgehead atoms. The van der Waals surface area contributed by atoms with Crippen LogP contribution in [0.25, 0.3) is 11.1 Å². The number of hydrogen-bond acceptors (Lipinski definition) is 3. The fraction of sp³-hybridized carbons (Fsp3) is 0.200. The van der Waals surface area contributed by atoms with Gasteiger partial charge in [0.05, 0.1) is 0 Å². The molecule has 0 fully saturated rings. The van der Waals surface area contributed by atoms with Gasteiger partial charge in [-0.25, -0.2) is 0 Å². The van der Waals surface area contributed by atoms with Crippen LogP contribution in [0.2, 0.25) is 0 Å². The molecule has 0 radical (unpaired) electrons. The first-order chi connectivity index (χ1) is 9.16. The number of aliphatic carboxylic acids is 1. The number of hydrogen-bond donors (Lipinski definition) is 2. The maximum absolute atomic E-state index is 10.6. The molecule has 2 rings (SSSR count). The summed E-state index contributed by atoms with van der Waals surface area (Å²) in [6.07, 6.45) is 4.64. The molecule has 1 aromatic carbocycles. The minimum absolute atomic E-state index is 0. The van der Waals surface area contributed by atoms with E-state index in [-0.39, 0.29) is 24.8 Å². The number of rotatable bonds is 5. The molecule has 1 atom stereocenters. The Morgan fingerprint density at radius 2 is 1.57 bits per heavy atom. The van der Waals surface area contributed by atoms with Crippen LogP contribution in [-0.4, -0.2) is 22.1 Å². The van der Waals surface area contributed by atoms with Gasteiger partial charge >= 0.3 is 5.97 Å². The second-order valence-corrected chi connectivity index (χ2v) is 4.42. The molecule has 0 saturated heterocycles. The van der Waals surface area contributed by atoms with Crippen LogP contribution in [0.5, 0.6) is 0 Å². The number of carboxylic acids is 1. The summed E-state index contributed by atoms with van der Waals surface area (Å²) in [4.78, 5) is 14.6. The van der Waals surface area contributed by atoms with Crippen LogP contribution in [0.4, 0.5) is 0 Å². The number of halogens is 2. The normalized spacial score (nSPS) is 10.9. The Balaban J connectivity index is 0.00000200. The Bertz CT molecular complexity index is 547. The Kier molecular flexibility index (Phi) is 8.62. The lowest BCUT2D eigenvalue weighted by molar-refractivity contribution is -0.138. The lowest BCUT2D eigenvalue weighted by Crippen LogP contribution is -2.30. The fourth-order valence-corrected chi connectivity index (χ4v) is 1.85. The first-order valence-corrected chi connectivity index (χ1v) is 6.14. The number of nitrogens with zero attached hydrogens (tertiary/aromatic N) is 1. The van der Waals surface area contributed by atoms with Crippen LogP contribution in [0, 0.1) is 0 Å². The van der Waals surface area contributed by atoms with Crippen molar-refractivity contribution in [3.63, 3.8) is 0 Å². The molecule has 0 aliphatic carbocycles. The number of aromatic nitrogens is 1. The summed E-state index contributed by atoms with van der Waals surface area (Å²) in [7, 11) is 0. The SMILES string of the molecule is Cl.Cl.N[C@@H](CCc1ccc(-c2ccncc2)cc1)C(=O)O. The highest BCUT2D eigenvalue weighted by molar-refractivity contribution is 5.85. The molecule has 0 saturated carbocycles. The quantitative estimate of drug-likeness (QED) is 0.884. The van der Waals surface area contributed by atoms with Gasteiger partial charge in [-0.2, -0.15) is 0 Å². The van der Waals surface area contributed by atoms with Crippen molar-refractivity contribution in [3.05, 3.63) is 54.4 Å². The van der Waals surface area contributed by atoms with Gasteiger partial charge in [0, 0.05) is 12.4 Å². The van der Waals surface area contributed by atoms with Crippen molar-refractivity contribution in [1.29, 1.82) is 0 Å². The third kappa shape index (κ3) is 5.71. The van der Waals surface area contributed by atoms with Gasteiger partial charge < -0.3 is 10.8 Å². The Labute approximate surface area is 136 Å². The predicted octanol–water partition coefficient (Wildman–Crippen LogP) is 2.94. The Hall–Kier alpha value is -1.62. The summed E-state index contributed by atoms with van der Waals surface area (Å²) < 4.78 is 0. The number of nitrogens with two attached hydrogens (primary N) is 1. The molecule has 0 aliphatic rings. The summed E-state index contributed by atoms with van der Waals surface area (Å²) >= 11 is 0. The van der Waals surface area contributed by atoms with E-state index in [2.05, 4.69) is 4.98 Å². The maximum Gasteiger partial charge on any atom is 0.320 e. The average molecular weight is 329 g/mol. The van der Waals surface area contributed by atoms with Crippen molar-refractivity contribution in [1.82, 2.24) is 4.98 Å². The number of aryl methyl sites for hydroxylation is 1. The van der Waals surface area contributed by atoms with E-state index in [1.54, 1.807) is 12.4 Å². The zero-order valence-corrected chi connectivity index (χ0v) is 12.9. The van der Waals surface area contributed by atoms with Crippen LogP contribution in [-0.2, 0) is 11.2 Å². The zero-order chi connectivity index (χ0) is 13.7. The van der Waals surface area contributed by atoms with Crippen molar-refractivity contribution in [2.24, 2.45) is 5.73 Å². The van der Waals surface area contributed by atoms with Gasteiger partial charge in [0.2, 0.25) is 0 Å². The van der Waals surface area contributed by atoms with Crippen LogP contribution < -0.4 is 5.73 Å². The fourth-order valence-electron chi connectivity index (χ4n) is 1.85. The van der Waals surface area contributed by atoms with Gasteiger partial charge in [-0.15, -0.1) is 24.8 Å². The average Bonchev–Trinajstić information content (AvgIpc) is 2.46. The van der Waals surface area contributed by atoms with Gasteiger partial charge in [-0.05, 0) is 41.7 Å². The molecular formula is C15H18Cl2N2O2. The molecule has 0 unspecified atom stereocenters. The van der Waals surface area contributed by atoms with E-state index in [9.17, 15) is 4.79 Å². The van der Waals surface area contributed by atoms with E-state index in [1.165, 1.54) is 0 Å². The van der Waals surface area contributed by atoms with E-state index in [1.807, 2.05) is 36.4 Å². The first kappa shape index (κ1) is 19.4. The number of carboxylic acid groups (broad SMARTS) is 1. The molecule has 114 valence electrons. The third-order valence-electron chi connectivity index (χ3n) is 3.03. The zero-order valence-electron chi connectivity index (χ0n) is 11.3. The third-order valence-corrected chi connectivity index (χ3v) is 3.03. The van der Waals surface area contributed by atoms with Crippen LogP contribution in [0.1, 0.15) is 12.0 Å². The standard InChI is InChI=1S/C15H16N2O2.2ClH/c16-14(15(18)19)6-3-11-1-4-12(5-2-11)13-7-9-17-10-8-13;;/h1-2,4-5,7-10,14H,3,6,16H2,(H,18,19);2*1H/t14-;;/m0../s1. The minimum Gasteiger partial charge on any atom is -0.480 e. The molecule has 1 aromatic heterocycles. The van der Waals surface area contributed by atoms with Crippen molar-refractivity contribution in [3.8, 4) is 11.1 Å². The van der Waals surface area contributed by atoms with Gasteiger partial charge in [-0.1, -0.05) is 24.3 Å². The van der Waals surface area contributed by atoms with Gasteiger partial charge in [0.25, 0.3) is 0 Å². The van der Waals surface area contributed by atoms with Gasteiger partial charge in [-0.3, -0.25) is 9.78 Å². The Morgan fingerprint density at radius 1 is 1.05 bits per heavy atom. The molecule has 2 aromatic rings. The van der Waals surface area contributed by atoms with E-state index < -0.39 is 12.0 Å². The van der Waals surface area contributed by atoms with E-state index in [0.29, 0.717) is 12.8 Å². The highest BCUT2D eigenvalue weighted by Crippen LogP contribution is 2.19. The molecule has 0 amide bonds. The predicted molar refractivity (Wildman–Crippen MR) is 88.1 cm³/mol. The molecule has 6 heteroatoms. The van der Waals surface area contributed by atoms with Crippen molar-refractivity contribution in [2.45, 2.75) is 18.9 Å². The lowest BCUT2D eigenvalue weighted by atomic mass is 10.0. The lowest BCUT2D eigenvalue weighted by Gasteiger charge is -2.07. The van der Waals surface area contributed by atoms with Crippen molar-refractivity contribution in [2.75, 3.05) is 0 Å². The highest BCUT2D eigenvalue weighted by Gasteiger charge is 2.10. The Morgan fingerprint density at radius 3 is 2.10 bits per heavy atom. The van der Waals surface area contributed by atoms with E-state index in [4.69, 9.17) is 10.8 Å². The van der Waals surface area contributed by atoms with E-state index >= 15 is 0 Å². The molecule has 0 spiro atoms. The monoisotopic (exact) mass is 328 g/mol. The second kappa shape index (κ2) is 9.34. The summed E-state index contributed by atoms with van der Waals surface area (Å²) in [5.41, 5.74) is 8.80. The smallest absolute Gasteiger partial charge is 0.320 e. The largest absolute Gasteiger partial charge is 0.480 e. The summed E-state index contributed by atoms with van der Waals surface area (Å²) in [5.74, 6) is -0.951. The molecular weight excluding hydrogens is 311 g/mol. The summed E-state index contributed by atoms with van der Waals surface area (Å²) in [6.45, 7) is 0.